The lowest BCUT2D eigenvalue weighted by Gasteiger charge is -2.12. The van der Waals surface area contributed by atoms with Gasteiger partial charge in [-0.1, -0.05) is 41.6 Å². The van der Waals surface area contributed by atoms with Crippen molar-refractivity contribution < 1.29 is 13.2 Å². The highest BCUT2D eigenvalue weighted by Crippen LogP contribution is 2.24. The molecule has 3 rings (SSSR count). The fourth-order valence-corrected chi connectivity index (χ4v) is 4.55. The third-order valence-corrected chi connectivity index (χ3v) is 7.29. The molecule has 8 nitrogen and oxygen atoms in total. The van der Waals surface area contributed by atoms with Crippen LogP contribution in [0.3, 0.4) is 0 Å². The quantitative estimate of drug-likeness (QED) is 0.418. The fourth-order valence-electron chi connectivity index (χ4n) is 2.76. The topological polar surface area (TPSA) is 103 Å². The standard InChI is InChI=1S/C20H25N5O3S2/c1-14-8-9-18(15(2)10-14)28-12-19-22-23-20(25(19)21)29-13-16-6-5-7-17(11-16)30(26,27)24(3)4/h5-11H,12-13,21H2,1-4H3. The molecule has 0 aliphatic heterocycles. The Balaban J connectivity index is 1.66. The lowest BCUT2D eigenvalue weighted by molar-refractivity contribution is 0.289. The van der Waals surface area contributed by atoms with Crippen LogP contribution in [0.2, 0.25) is 0 Å². The van der Waals surface area contributed by atoms with Gasteiger partial charge in [0, 0.05) is 19.8 Å². The van der Waals surface area contributed by atoms with E-state index in [1.807, 2.05) is 32.0 Å². The Morgan fingerprint density at radius 2 is 1.90 bits per heavy atom. The minimum absolute atomic E-state index is 0.199. The molecule has 0 atom stereocenters. The predicted molar refractivity (Wildman–Crippen MR) is 117 cm³/mol. The minimum atomic E-state index is -3.48. The Bertz CT molecular complexity index is 1140. The fraction of sp³-hybridized carbons (Fsp3) is 0.300. The normalized spacial score (nSPS) is 11.8. The van der Waals surface area contributed by atoms with E-state index in [-0.39, 0.29) is 11.5 Å². The van der Waals surface area contributed by atoms with Crippen molar-refractivity contribution in [3.05, 3.63) is 65.0 Å². The number of hydrogen-bond acceptors (Lipinski definition) is 7. The number of nitrogens with two attached hydrogens (primary N) is 1. The summed E-state index contributed by atoms with van der Waals surface area (Å²) in [4.78, 5) is 0.252. The summed E-state index contributed by atoms with van der Waals surface area (Å²) >= 11 is 1.38. The summed E-state index contributed by atoms with van der Waals surface area (Å²) < 4.78 is 33.0. The smallest absolute Gasteiger partial charge is 0.242 e. The molecule has 1 heterocycles. The van der Waals surface area contributed by atoms with E-state index < -0.39 is 10.0 Å². The second-order valence-electron chi connectivity index (χ2n) is 7.05. The second-order valence-corrected chi connectivity index (χ2v) is 10.1. The van der Waals surface area contributed by atoms with Gasteiger partial charge in [0.25, 0.3) is 0 Å². The molecule has 1 aromatic heterocycles. The van der Waals surface area contributed by atoms with Crippen LogP contribution in [0.15, 0.2) is 52.5 Å². The monoisotopic (exact) mass is 447 g/mol. The first-order valence-corrected chi connectivity index (χ1v) is 11.6. The van der Waals surface area contributed by atoms with E-state index in [9.17, 15) is 8.42 Å². The van der Waals surface area contributed by atoms with Crippen LogP contribution in [0.25, 0.3) is 0 Å². The number of sulfonamides is 1. The molecule has 0 saturated heterocycles. The van der Waals surface area contributed by atoms with Crippen molar-refractivity contribution >= 4 is 21.8 Å². The molecule has 3 aromatic rings. The summed E-state index contributed by atoms with van der Waals surface area (Å²) in [6.45, 7) is 4.22. The lowest BCUT2D eigenvalue weighted by Crippen LogP contribution is -2.22. The van der Waals surface area contributed by atoms with Crippen LogP contribution < -0.4 is 10.6 Å². The predicted octanol–water partition coefficient (Wildman–Crippen LogP) is 2.73. The van der Waals surface area contributed by atoms with Crippen molar-refractivity contribution in [3.8, 4) is 5.75 Å². The van der Waals surface area contributed by atoms with Gasteiger partial charge >= 0.3 is 0 Å². The molecule has 10 heteroatoms. The molecule has 0 bridgehead atoms. The first kappa shape index (κ1) is 22.1. The van der Waals surface area contributed by atoms with Gasteiger partial charge in [-0.2, -0.15) is 0 Å². The SMILES string of the molecule is Cc1ccc(OCc2nnc(SCc3cccc(S(=O)(=O)N(C)C)c3)n2N)c(C)c1. The number of thioether (sulfide) groups is 1. The maximum atomic E-state index is 12.3. The molecule has 160 valence electrons. The van der Waals surface area contributed by atoms with Gasteiger partial charge in [-0.3, -0.25) is 0 Å². The summed E-state index contributed by atoms with van der Waals surface area (Å²) in [6.07, 6.45) is 0. The zero-order valence-electron chi connectivity index (χ0n) is 17.4. The van der Waals surface area contributed by atoms with Gasteiger partial charge in [0.1, 0.15) is 12.4 Å². The van der Waals surface area contributed by atoms with Crippen molar-refractivity contribution in [2.24, 2.45) is 0 Å². The maximum Gasteiger partial charge on any atom is 0.242 e. The number of hydrogen-bond donors (Lipinski definition) is 1. The largest absolute Gasteiger partial charge is 0.485 e. The third kappa shape index (κ3) is 4.94. The van der Waals surface area contributed by atoms with Gasteiger partial charge in [-0.15, -0.1) is 10.2 Å². The molecule has 0 amide bonds. The average molecular weight is 448 g/mol. The Hall–Kier alpha value is -2.56. The van der Waals surface area contributed by atoms with E-state index in [4.69, 9.17) is 10.6 Å². The number of nitrogens with zero attached hydrogens (tertiary/aromatic N) is 4. The molecule has 0 aliphatic carbocycles. The van der Waals surface area contributed by atoms with Crippen LogP contribution >= 0.6 is 11.8 Å². The summed E-state index contributed by atoms with van der Waals surface area (Å²) in [7, 11) is -0.458. The molecule has 0 aliphatic rings. The molecular formula is C20H25N5O3S2. The van der Waals surface area contributed by atoms with Crippen LogP contribution in [0.4, 0.5) is 0 Å². The Morgan fingerprint density at radius 1 is 1.13 bits per heavy atom. The second kappa shape index (κ2) is 9.07. The molecule has 0 radical (unpaired) electrons. The number of nitrogen functional groups attached to an aromatic ring is 1. The van der Waals surface area contributed by atoms with Gasteiger partial charge in [0.05, 0.1) is 4.90 Å². The minimum Gasteiger partial charge on any atom is -0.485 e. The number of benzene rings is 2. The highest BCUT2D eigenvalue weighted by atomic mass is 32.2. The Kier molecular flexibility index (Phi) is 6.69. The van der Waals surface area contributed by atoms with Crippen LogP contribution in [-0.2, 0) is 22.4 Å². The zero-order chi connectivity index (χ0) is 21.9. The Labute approximate surface area is 181 Å². The van der Waals surface area contributed by atoms with Crippen LogP contribution in [-0.4, -0.2) is 41.7 Å². The van der Waals surface area contributed by atoms with Crippen molar-refractivity contribution in [2.75, 3.05) is 19.9 Å². The number of rotatable bonds is 8. The molecule has 0 spiro atoms. The van der Waals surface area contributed by atoms with Crippen molar-refractivity contribution in [3.63, 3.8) is 0 Å². The lowest BCUT2D eigenvalue weighted by atomic mass is 10.1. The van der Waals surface area contributed by atoms with Crippen molar-refractivity contribution in [2.45, 2.75) is 36.3 Å². The van der Waals surface area contributed by atoms with Crippen LogP contribution in [0.1, 0.15) is 22.5 Å². The van der Waals surface area contributed by atoms with Gasteiger partial charge in [0.2, 0.25) is 15.2 Å². The molecule has 0 unspecified atom stereocenters. The van der Waals surface area contributed by atoms with Crippen LogP contribution in [0, 0.1) is 13.8 Å². The maximum absolute atomic E-state index is 12.3. The van der Waals surface area contributed by atoms with E-state index in [1.165, 1.54) is 40.4 Å². The van der Waals surface area contributed by atoms with E-state index in [2.05, 4.69) is 16.3 Å². The average Bonchev–Trinajstić information content (AvgIpc) is 3.05. The van der Waals surface area contributed by atoms with E-state index in [0.29, 0.717) is 16.7 Å². The molecule has 0 fully saturated rings. The van der Waals surface area contributed by atoms with Crippen LogP contribution in [0.5, 0.6) is 5.75 Å². The van der Waals surface area contributed by atoms with Gasteiger partial charge in [0.15, 0.2) is 5.82 Å². The number of aromatic nitrogens is 3. The first-order chi connectivity index (χ1) is 14.2. The summed E-state index contributed by atoms with van der Waals surface area (Å²) in [5.41, 5.74) is 3.06. The van der Waals surface area contributed by atoms with Crippen molar-refractivity contribution in [1.29, 1.82) is 0 Å². The molecule has 2 aromatic carbocycles. The van der Waals surface area contributed by atoms with Gasteiger partial charge < -0.3 is 10.6 Å². The van der Waals surface area contributed by atoms with Crippen molar-refractivity contribution in [1.82, 2.24) is 19.2 Å². The van der Waals surface area contributed by atoms with E-state index in [0.717, 1.165) is 16.9 Å². The third-order valence-electron chi connectivity index (χ3n) is 4.47. The van der Waals surface area contributed by atoms with E-state index >= 15 is 0 Å². The molecule has 0 saturated carbocycles. The summed E-state index contributed by atoms with van der Waals surface area (Å²) in [5.74, 6) is 7.90. The molecule has 2 N–H and O–H groups in total. The van der Waals surface area contributed by atoms with E-state index in [1.54, 1.807) is 18.2 Å². The van der Waals surface area contributed by atoms with Gasteiger partial charge in [-0.05, 0) is 43.2 Å². The number of ether oxygens (including phenoxy) is 1. The summed E-state index contributed by atoms with van der Waals surface area (Å²) in [6, 6.07) is 12.8. The zero-order valence-corrected chi connectivity index (χ0v) is 19.0. The highest BCUT2D eigenvalue weighted by molar-refractivity contribution is 7.98. The summed E-state index contributed by atoms with van der Waals surface area (Å²) in [5, 5.41) is 8.76. The molecule has 30 heavy (non-hydrogen) atoms. The molecular weight excluding hydrogens is 422 g/mol. The van der Waals surface area contributed by atoms with Gasteiger partial charge in [-0.25, -0.2) is 17.4 Å². The Morgan fingerprint density at radius 3 is 2.60 bits per heavy atom. The first-order valence-electron chi connectivity index (χ1n) is 9.22. The number of aryl methyl sites for hydroxylation is 2. The highest BCUT2D eigenvalue weighted by Gasteiger charge is 2.18.